The van der Waals surface area contributed by atoms with E-state index in [4.69, 9.17) is 9.47 Å². The van der Waals surface area contributed by atoms with Gasteiger partial charge in [-0.3, -0.25) is 14.4 Å². The molecule has 1 unspecified atom stereocenters. The number of ketones is 1. The van der Waals surface area contributed by atoms with E-state index in [-0.39, 0.29) is 18.6 Å². The summed E-state index contributed by atoms with van der Waals surface area (Å²) < 4.78 is 10.3. The molecule has 2 aromatic rings. The van der Waals surface area contributed by atoms with Gasteiger partial charge in [-0.1, -0.05) is 12.1 Å². The van der Waals surface area contributed by atoms with E-state index < -0.39 is 18.0 Å². The van der Waals surface area contributed by atoms with Gasteiger partial charge in [0.25, 0.3) is 5.91 Å². The zero-order valence-corrected chi connectivity index (χ0v) is 16.6. The van der Waals surface area contributed by atoms with Crippen molar-refractivity contribution in [3.8, 4) is 5.75 Å². The summed E-state index contributed by atoms with van der Waals surface area (Å²) in [5.41, 5.74) is 1.14. The number of amides is 1. The van der Waals surface area contributed by atoms with Crippen LogP contribution in [-0.2, 0) is 14.3 Å². The van der Waals surface area contributed by atoms with Gasteiger partial charge in [-0.15, -0.1) is 11.3 Å². The molecule has 144 valence electrons. The quantitative estimate of drug-likeness (QED) is 0.547. The summed E-state index contributed by atoms with van der Waals surface area (Å²) >= 11 is 1.55. The Labute approximate surface area is 162 Å². The Hall–Kier alpha value is -2.67. The SMILES string of the molecule is COc1ccccc1NC(=O)C(C)OC(=O)CCC(=O)c1cc(C)sc1C. The number of carbonyl (C=O) groups is 3. The number of hydrogen-bond acceptors (Lipinski definition) is 6. The van der Waals surface area contributed by atoms with Crippen molar-refractivity contribution in [2.75, 3.05) is 12.4 Å². The van der Waals surface area contributed by atoms with Crippen molar-refractivity contribution in [1.82, 2.24) is 0 Å². The largest absolute Gasteiger partial charge is 0.495 e. The van der Waals surface area contributed by atoms with Crippen molar-refractivity contribution >= 4 is 34.7 Å². The molecule has 0 saturated heterocycles. The molecule has 1 aromatic heterocycles. The van der Waals surface area contributed by atoms with E-state index in [1.54, 1.807) is 35.6 Å². The molecule has 0 fully saturated rings. The fourth-order valence-electron chi connectivity index (χ4n) is 2.55. The smallest absolute Gasteiger partial charge is 0.307 e. The highest BCUT2D eigenvalue weighted by atomic mass is 32.1. The van der Waals surface area contributed by atoms with E-state index in [0.29, 0.717) is 17.0 Å². The van der Waals surface area contributed by atoms with E-state index in [2.05, 4.69) is 5.32 Å². The van der Waals surface area contributed by atoms with Gasteiger partial charge in [0.1, 0.15) is 5.75 Å². The summed E-state index contributed by atoms with van der Waals surface area (Å²) in [6, 6.07) is 8.78. The van der Waals surface area contributed by atoms with Crippen molar-refractivity contribution in [3.63, 3.8) is 0 Å². The molecule has 1 atom stereocenters. The Morgan fingerprint density at radius 1 is 1.15 bits per heavy atom. The molecule has 1 N–H and O–H groups in total. The normalized spacial score (nSPS) is 11.6. The Morgan fingerprint density at radius 2 is 1.85 bits per heavy atom. The number of Topliss-reactive ketones (excluding diaryl/α,β-unsaturated/α-hetero) is 1. The number of benzene rings is 1. The van der Waals surface area contributed by atoms with Crippen LogP contribution in [0.5, 0.6) is 5.75 Å². The van der Waals surface area contributed by atoms with Crippen LogP contribution in [0.1, 0.15) is 39.9 Å². The van der Waals surface area contributed by atoms with Crippen LogP contribution >= 0.6 is 11.3 Å². The molecule has 0 aliphatic rings. The molecule has 2 rings (SSSR count). The number of anilines is 1. The van der Waals surface area contributed by atoms with Crippen LogP contribution in [0, 0.1) is 13.8 Å². The maximum Gasteiger partial charge on any atom is 0.307 e. The number of thiophene rings is 1. The highest BCUT2D eigenvalue weighted by Gasteiger charge is 2.20. The van der Waals surface area contributed by atoms with E-state index >= 15 is 0 Å². The molecule has 7 heteroatoms. The van der Waals surface area contributed by atoms with Gasteiger partial charge in [0.15, 0.2) is 11.9 Å². The van der Waals surface area contributed by atoms with Gasteiger partial charge in [0, 0.05) is 21.7 Å². The predicted octanol–water partition coefficient (Wildman–Crippen LogP) is 3.91. The van der Waals surface area contributed by atoms with Crippen molar-refractivity contribution in [3.05, 3.63) is 45.6 Å². The van der Waals surface area contributed by atoms with Crippen LogP contribution in [0.4, 0.5) is 5.69 Å². The number of carbonyl (C=O) groups excluding carboxylic acids is 3. The molecule has 0 bridgehead atoms. The van der Waals surface area contributed by atoms with Gasteiger partial charge in [-0.05, 0) is 39.0 Å². The molecular formula is C20H23NO5S. The van der Waals surface area contributed by atoms with Crippen LogP contribution in [0.25, 0.3) is 0 Å². The molecule has 1 heterocycles. The fraction of sp³-hybridized carbons (Fsp3) is 0.350. The standard InChI is InChI=1S/C20H23NO5S/c1-12-11-15(14(3)27-12)17(22)9-10-19(23)26-13(2)20(24)21-16-7-5-6-8-18(16)25-4/h5-8,11,13H,9-10H2,1-4H3,(H,21,24). The minimum absolute atomic E-state index is 0.0523. The molecule has 0 saturated carbocycles. The van der Waals surface area contributed by atoms with Crippen LogP contribution in [-0.4, -0.2) is 30.9 Å². The second-order valence-corrected chi connectivity index (χ2v) is 7.53. The minimum atomic E-state index is -0.984. The summed E-state index contributed by atoms with van der Waals surface area (Å²) in [5, 5.41) is 2.66. The first-order valence-corrected chi connectivity index (χ1v) is 9.37. The summed E-state index contributed by atoms with van der Waals surface area (Å²) in [4.78, 5) is 38.4. The molecule has 27 heavy (non-hydrogen) atoms. The summed E-state index contributed by atoms with van der Waals surface area (Å²) in [7, 11) is 1.50. The third kappa shape index (κ3) is 5.65. The molecule has 1 amide bonds. The summed E-state index contributed by atoms with van der Waals surface area (Å²) in [6.45, 7) is 5.30. The lowest BCUT2D eigenvalue weighted by atomic mass is 10.1. The average Bonchev–Trinajstić information content (AvgIpc) is 2.98. The first-order valence-electron chi connectivity index (χ1n) is 8.55. The fourth-order valence-corrected chi connectivity index (χ4v) is 3.49. The first kappa shape index (κ1) is 20.6. The van der Waals surface area contributed by atoms with Gasteiger partial charge >= 0.3 is 5.97 Å². The minimum Gasteiger partial charge on any atom is -0.495 e. The Morgan fingerprint density at radius 3 is 2.48 bits per heavy atom. The molecule has 6 nitrogen and oxygen atoms in total. The lowest BCUT2D eigenvalue weighted by molar-refractivity contribution is -0.153. The number of rotatable bonds is 8. The predicted molar refractivity (Wildman–Crippen MR) is 105 cm³/mol. The highest BCUT2D eigenvalue weighted by Crippen LogP contribution is 2.24. The Balaban J connectivity index is 1.85. The lowest BCUT2D eigenvalue weighted by Gasteiger charge is -2.15. The van der Waals surface area contributed by atoms with Crippen molar-refractivity contribution in [1.29, 1.82) is 0 Å². The number of nitrogens with one attached hydrogen (secondary N) is 1. The number of esters is 1. The lowest BCUT2D eigenvalue weighted by Crippen LogP contribution is -2.30. The van der Waals surface area contributed by atoms with Crippen LogP contribution in [0.2, 0.25) is 0 Å². The zero-order valence-electron chi connectivity index (χ0n) is 15.8. The highest BCUT2D eigenvalue weighted by molar-refractivity contribution is 7.12. The maximum absolute atomic E-state index is 12.2. The third-order valence-electron chi connectivity index (χ3n) is 3.94. The van der Waals surface area contributed by atoms with Gasteiger partial charge in [-0.25, -0.2) is 0 Å². The van der Waals surface area contributed by atoms with E-state index in [1.807, 2.05) is 19.9 Å². The van der Waals surface area contributed by atoms with Crippen molar-refractivity contribution < 1.29 is 23.9 Å². The van der Waals surface area contributed by atoms with E-state index in [1.165, 1.54) is 14.0 Å². The molecular weight excluding hydrogens is 366 g/mol. The number of hydrogen-bond donors (Lipinski definition) is 1. The van der Waals surface area contributed by atoms with Crippen molar-refractivity contribution in [2.24, 2.45) is 0 Å². The molecule has 0 aliphatic heterocycles. The van der Waals surface area contributed by atoms with Gasteiger partial charge in [0.2, 0.25) is 0 Å². The van der Waals surface area contributed by atoms with Gasteiger partial charge in [0.05, 0.1) is 19.2 Å². The summed E-state index contributed by atoms with van der Waals surface area (Å²) in [5.74, 6) is -0.643. The van der Waals surface area contributed by atoms with E-state index in [9.17, 15) is 14.4 Å². The monoisotopic (exact) mass is 389 g/mol. The number of ether oxygens (including phenoxy) is 2. The van der Waals surface area contributed by atoms with Crippen molar-refractivity contribution in [2.45, 2.75) is 39.7 Å². The number of para-hydroxylation sites is 2. The second-order valence-electron chi connectivity index (χ2n) is 6.07. The topological polar surface area (TPSA) is 81.7 Å². The van der Waals surface area contributed by atoms with Crippen LogP contribution < -0.4 is 10.1 Å². The first-order chi connectivity index (χ1) is 12.8. The van der Waals surface area contributed by atoms with Crippen LogP contribution in [0.3, 0.4) is 0 Å². The van der Waals surface area contributed by atoms with Gasteiger partial charge < -0.3 is 14.8 Å². The van der Waals surface area contributed by atoms with E-state index in [0.717, 1.165) is 9.75 Å². The number of methoxy groups -OCH3 is 1. The van der Waals surface area contributed by atoms with Gasteiger partial charge in [-0.2, -0.15) is 0 Å². The summed E-state index contributed by atoms with van der Waals surface area (Å²) in [6.07, 6.45) is -1.00. The second kappa shape index (κ2) is 9.32. The molecule has 0 spiro atoms. The number of aryl methyl sites for hydroxylation is 2. The molecule has 0 radical (unpaired) electrons. The van der Waals surface area contributed by atoms with Crippen LogP contribution in [0.15, 0.2) is 30.3 Å². The zero-order chi connectivity index (χ0) is 20.0. The maximum atomic E-state index is 12.2. The third-order valence-corrected chi connectivity index (χ3v) is 4.91. The average molecular weight is 389 g/mol. The Bertz CT molecular complexity index is 843. The molecule has 0 aliphatic carbocycles. The Kier molecular flexibility index (Phi) is 7.12. The molecule has 1 aromatic carbocycles.